The molecule has 0 aliphatic carbocycles. The van der Waals surface area contributed by atoms with Gasteiger partial charge < -0.3 is 9.64 Å². The van der Waals surface area contributed by atoms with Gasteiger partial charge in [-0.1, -0.05) is 55.5 Å². The summed E-state index contributed by atoms with van der Waals surface area (Å²) in [7, 11) is 1.64. The monoisotopic (exact) mass is 559 g/mol. The summed E-state index contributed by atoms with van der Waals surface area (Å²) in [5.74, 6) is 0.817. The lowest BCUT2D eigenvalue weighted by Gasteiger charge is -2.47. The van der Waals surface area contributed by atoms with Gasteiger partial charge in [-0.15, -0.1) is 11.3 Å². The van der Waals surface area contributed by atoms with Crippen LogP contribution in [0.25, 0.3) is 0 Å². The van der Waals surface area contributed by atoms with Gasteiger partial charge in [0.25, 0.3) is 5.91 Å². The largest absolute Gasteiger partial charge is 0.495 e. The van der Waals surface area contributed by atoms with Crippen LogP contribution in [0.1, 0.15) is 71.6 Å². The molecule has 40 heavy (non-hydrogen) atoms. The molecule has 3 heterocycles. The zero-order valence-corrected chi connectivity index (χ0v) is 25.5. The van der Waals surface area contributed by atoms with Gasteiger partial charge in [-0.2, -0.15) is 0 Å². The Morgan fingerprint density at radius 2 is 1.55 bits per heavy atom. The number of aryl methyl sites for hydroxylation is 3. The number of piperazine rings is 1. The van der Waals surface area contributed by atoms with Gasteiger partial charge in [-0.25, -0.2) is 0 Å². The van der Waals surface area contributed by atoms with E-state index in [2.05, 4.69) is 79.1 Å². The van der Waals surface area contributed by atoms with Crippen LogP contribution in [0.5, 0.6) is 5.75 Å². The van der Waals surface area contributed by atoms with Crippen LogP contribution in [0.2, 0.25) is 0 Å². The zero-order valence-electron chi connectivity index (χ0n) is 24.6. The molecule has 2 fully saturated rings. The minimum atomic E-state index is 0.119. The molecule has 5 rings (SSSR count). The van der Waals surface area contributed by atoms with Crippen LogP contribution in [0.15, 0.2) is 60.0 Å². The van der Waals surface area contributed by atoms with Crippen molar-refractivity contribution in [1.29, 1.82) is 0 Å². The minimum absolute atomic E-state index is 0.119. The molecule has 2 aromatic carbocycles. The summed E-state index contributed by atoms with van der Waals surface area (Å²) in [6.07, 6.45) is 5.37. The molecule has 1 amide bonds. The van der Waals surface area contributed by atoms with Crippen molar-refractivity contribution in [3.05, 3.63) is 87.1 Å². The van der Waals surface area contributed by atoms with Crippen molar-refractivity contribution in [2.45, 2.75) is 71.0 Å². The van der Waals surface area contributed by atoms with Gasteiger partial charge in [0.05, 0.1) is 7.11 Å². The highest BCUT2D eigenvalue weighted by molar-refractivity contribution is 7.12. The molecule has 0 unspecified atom stereocenters. The summed E-state index contributed by atoms with van der Waals surface area (Å²) in [6.45, 7) is 11.9. The van der Waals surface area contributed by atoms with Gasteiger partial charge in [0, 0.05) is 50.8 Å². The molecule has 2 aliphatic rings. The van der Waals surface area contributed by atoms with Crippen LogP contribution >= 0.6 is 11.3 Å². The molecular weight excluding hydrogens is 514 g/mol. The summed E-state index contributed by atoms with van der Waals surface area (Å²) in [5, 5.41) is 1.93. The Balaban J connectivity index is 1.09. The van der Waals surface area contributed by atoms with E-state index in [0.717, 1.165) is 69.7 Å². The second kappa shape index (κ2) is 13.3. The van der Waals surface area contributed by atoms with Crippen LogP contribution in [-0.4, -0.2) is 72.5 Å². The maximum atomic E-state index is 13.0. The molecule has 2 aliphatic heterocycles. The fraction of sp³-hybridized carbons (Fsp3) is 0.500. The zero-order chi connectivity index (χ0) is 28.1. The van der Waals surface area contributed by atoms with Crippen molar-refractivity contribution in [2.75, 3.05) is 39.8 Å². The molecule has 0 bridgehead atoms. The quantitative estimate of drug-likeness (QED) is 0.301. The van der Waals surface area contributed by atoms with Gasteiger partial charge in [-0.3, -0.25) is 14.6 Å². The van der Waals surface area contributed by atoms with E-state index in [1.165, 1.54) is 33.6 Å². The Morgan fingerprint density at radius 1 is 0.925 bits per heavy atom. The number of benzene rings is 2. The van der Waals surface area contributed by atoms with Crippen molar-refractivity contribution in [1.82, 2.24) is 14.7 Å². The number of ether oxygens (including phenoxy) is 1. The van der Waals surface area contributed by atoms with E-state index < -0.39 is 0 Å². The van der Waals surface area contributed by atoms with Crippen LogP contribution < -0.4 is 4.74 Å². The summed E-state index contributed by atoms with van der Waals surface area (Å²) in [5.41, 5.74) is 5.65. The second-order valence-electron chi connectivity index (χ2n) is 11.5. The van der Waals surface area contributed by atoms with Crippen LogP contribution in [0.3, 0.4) is 0 Å². The Kier molecular flexibility index (Phi) is 9.61. The average molecular weight is 560 g/mol. The maximum Gasteiger partial charge on any atom is 0.267 e. The lowest BCUT2D eigenvalue weighted by molar-refractivity contribution is 0.0136. The van der Waals surface area contributed by atoms with Crippen molar-refractivity contribution in [2.24, 2.45) is 0 Å². The van der Waals surface area contributed by atoms with E-state index in [9.17, 15) is 4.79 Å². The molecule has 3 aromatic rings. The number of hydrogen-bond acceptors (Lipinski definition) is 5. The average Bonchev–Trinajstić information content (AvgIpc) is 3.49. The predicted octanol–water partition coefficient (Wildman–Crippen LogP) is 6.48. The van der Waals surface area contributed by atoms with Crippen molar-refractivity contribution in [3.63, 3.8) is 0 Å². The van der Waals surface area contributed by atoms with E-state index in [0.29, 0.717) is 23.9 Å². The number of piperidine rings is 1. The smallest absolute Gasteiger partial charge is 0.267 e. The molecular formula is C34H45N3O2S. The van der Waals surface area contributed by atoms with E-state index in [1.54, 1.807) is 7.11 Å². The third-order valence-corrected chi connectivity index (χ3v) is 10.00. The molecule has 2 atom stereocenters. The van der Waals surface area contributed by atoms with E-state index in [1.807, 2.05) is 16.3 Å². The Morgan fingerprint density at radius 3 is 2.15 bits per heavy atom. The number of amides is 1. The van der Waals surface area contributed by atoms with Crippen molar-refractivity contribution < 1.29 is 9.53 Å². The standard InChI is InChI=1S/C34H45N3O2S/c1-5-27-6-8-28(9-7-27)10-11-29-12-14-30(15-13-29)26(3)37-22-21-36(24-25(37)2)31-16-19-35(20-17-31)34(38)33-32(39-4)18-23-40-33/h6-9,12-15,18,23,25-26,31H,5,10-11,16-17,19-22,24H2,1-4H3/t25-,26+/m1/s1. The minimum Gasteiger partial charge on any atom is -0.495 e. The Hall–Kier alpha value is -2.67. The number of carbonyl (C=O) groups is 1. The Bertz CT molecular complexity index is 1230. The highest BCUT2D eigenvalue weighted by Gasteiger charge is 2.34. The van der Waals surface area contributed by atoms with Crippen LogP contribution in [0, 0.1) is 0 Å². The lowest BCUT2D eigenvalue weighted by atomic mass is 9.97. The normalized spacial score (nSPS) is 20.0. The van der Waals surface area contributed by atoms with Gasteiger partial charge in [0.15, 0.2) is 0 Å². The summed E-state index contributed by atoms with van der Waals surface area (Å²) in [4.78, 5) is 21.1. The summed E-state index contributed by atoms with van der Waals surface area (Å²) < 4.78 is 5.38. The fourth-order valence-corrected chi connectivity index (χ4v) is 7.31. The van der Waals surface area contributed by atoms with Crippen LogP contribution in [-0.2, 0) is 19.3 Å². The molecule has 2 saturated heterocycles. The fourth-order valence-electron chi connectivity index (χ4n) is 6.48. The first-order chi connectivity index (χ1) is 19.5. The van der Waals surface area contributed by atoms with Gasteiger partial charge in [0.2, 0.25) is 0 Å². The number of hydrogen-bond donors (Lipinski definition) is 0. The van der Waals surface area contributed by atoms with Crippen molar-refractivity contribution in [3.8, 4) is 5.75 Å². The number of thiophene rings is 1. The number of methoxy groups -OCH3 is 1. The third-order valence-electron chi connectivity index (χ3n) is 9.11. The lowest BCUT2D eigenvalue weighted by Crippen LogP contribution is -2.57. The summed E-state index contributed by atoms with van der Waals surface area (Å²) in [6, 6.07) is 21.8. The first-order valence-corrected chi connectivity index (χ1v) is 15.9. The number of nitrogens with zero attached hydrogens (tertiary/aromatic N) is 3. The first-order valence-electron chi connectivity index (χ1n) is 15.0. The Labute approximate surface area is 244 Å². The number of carbonyl (C=O) groups excluding carboxylic acids is 1. The molecule has 214 valence electrons. The molecule has 0 saturated carbocycles. The number of likely N-dealkylation sites (tertiary alicyclic amines) is 1. The second-order valence-corrected chi connectivity index (χ2v) is 12.4. The summed E-state index contributed by atoms with van der Waals surface area (Å²) >= 11 is 1.48. The molecule has 1 aromatic heterocycles. The topological polar surface area (TPSA) is 36.0 Å². The molecule has 5 nitrogen and oxygen atoms in total. The first kappa shape index (κ1) is 28.8. The van der Waals surface area contributed by atoms with Gasteiger partial charge >= 0.3 is 0 Å². The SMILES string of the molecule is CCc1ccc(CCc2ccc([C@H](C)N3CCN(C4CCN(C(=O)c5sccc5OC)CC4)C[C@H]3C)cc2)cc1. The van der Waals surface area contributed by atoms with Gasteiger partial charge in [0.1, 0.15) is 10.6 Å². The molecule has 0 spiro atoms. The highest BCUT2D eigenvalue weighted by atomic mass is 32.1. The number of rotatable bonds is 9. The van der Waals surface area contributed by atoms with E-state index in [-0.39, 0.29) is 5.91 Å². The molecule has 0 radical (unpaired) electrons. The predicted molar refractivity (Wildman–Crippen MR) is 166 cm³/mol. The van der Waals surface area contributed by atoms with E-state index in [4.69, 9.17) is 4.74 Å². The molecule has 0 N–H and O–H groups in total. The van der Waals surface area contributed by atoms with Crippen LogP contribution in [0.4, 0.5) is 0 Å². The van der Waals surface area contributed by atoms with E-state index >= 15 is 0 Å². The van der Waals surface area contributed by atoms with Crippen molar-refractivity contribution >= 4 is 17.2 Å². The highest BCUT2D eigenvalue weighted by Crippen LogP contribution is 2.30. The molecule has 6 heteroatoms. The maximum absolute atomic E-state index is 13.0. The third kappa shape index (κ3) is 6.62. The van der Waals surface area contributed by atoms with Gasteiger partial charge in [-0.05, 0) is 79.7 Å².